The SMILES string of the molecule is CCCC(=O)NC1CC2(C=C(Br)C(O)C(Br)=C2)OC1O. The van der Waals surface area contributed by atoms with E-state index in [1.54, 1.807) is 12.2 Å². The zero-order valence-corrected chi connectivity index (χ0v) is 14.1. The number of ether oxygens (including phenoxy) is 1. The summed E-state index contributed by atoms with van der Waals surface area (Å²) < 4.78 is 6.73. The van der Waals surface area contributed by atoms with Gasteiger partial charge in [0.05, 0.1) is 6.04 Å². The molecule has 7 heteroatoms. The van der Waals surface area contributed by atoms with Crippen LogP contribution < -0.4 is 5.32 Å². The molecular formula is C13H17Br2NO4. The van der Waals surface area contributed by atoms with E-state index in [1.807, 2.05) is 6.92 Å². The average molecular weight is 411 g/mol. The van der Waals surface area contributed by atoms with Crippen molar-refractivity contribution in [3.05, 3.63) is 21.1 Å². The minimum atomic E-state index is -1.07. The number of amides is 1. The molecule has 0 saturated carbocycles. The second-order valence-electron chi connectivity index (χ2n) is 5.05. The van der Waals surface area contributed by atoms with Crippen LogP contribution in [0.1, 0.15) is 26.2 Å². The molecular weight excluding hydrogens is 394 g/mol. The first-order valence-corrected chi connectivity index (χ1v) is 8.05. The molecule has 1 fully saturated rings. The smallest absolute Gasteiger partial charge is 0.220 e. The molecule has 20 heavy (non-hydrogen) atoms. The Morgan fingerprint density at radius 3 is 2.60 bits per heavy atom. The molecule has 1 amide bonds. The summed E-state index contributed by atoms with van der Waals surface area (Å²) in [7, 11) is 0. The number of carbonyl (C=O) groups excluding carboxylic acids is 1. The molecule has 1 saturated heterocycles. The van der Waals surface area contributed by atoms with E-state index in [1.165, 1.54) is 0 Å². The topological polar surface area (TPSA) is 78.8 Å². The second-order valence-corrected chi connectivity index (χ2v) is 6.88. The van der Waals surface area contributed by atoms with Crippen molar-refractivity contribution in [3.8, 4) is 0 Å². The van der Waals surface area contributed by atoms with Crippen molar-refractivity contribution < 1.29 is 19.7 Å². The van der Waals surface area contributed by atoms with Crippen LogP contribution in [0, 0.1) is 0 Å². The van der Waals surface area contributed by atoms with Crippen LogP contribution in [0.15, 0.2) is 21.1 Å². The summed E-state index contributed by atoms with van der Waals surface area (Å²) in [6.07, 6.45) is 3.21. The largest absolute Gasteiger partial charge is 0.383 e. The minimum absolute atomic E-state index is 0.0980. The molecule has 2 unspecified atom stereocenters. The van der Waals surface area contributed by atoms with Crippen LogP contribution >= 0.6 is 31.9 Å². The van der Waals surface area contributed by atoms with Crippen molar-refractivity contribution in [1.82, 2.24) is 5.32 Å². The van der Waals surface area contributed by atoms with Crippen LogP contribution in [0.4, 0.5) is 0 Å². The highest BCUT2D eigenvalue weighted by atomic mass is 79.9. The van der Waals surface area contributed by atoms with E-state index < -0.39 is 24.0 Å². The fourth-order valence-corrected chi connectivity index (χ4v) is 3.99. The van der Waals surface area contributed by atoms with Gasteiger partial charge >= 0.3 is 0 Å². The van der Waals surface area contributed by atoms with E-state index in [2.05, 4.69) is 37.2 Å². The molecule has 1 aliphatic heterocycles. The normalized spacial score (nSPS) is 36.8. The minimum Gasteiger partial charge on any atom is -0.383 e. The number of hydrogen-bond acceptors (Lipinski definition) is 4. The van der Waals surface area contributed by atoms with Crippen LogP contribution in [-0.2, 0) is 9.53 Å². The molecule has 0 aromatic heterocycles. The average Bonchev–Trinajstić information content (AvgIpc) is 2.62. The second kappa shape index (κ2) is 6.27. The van der Waals surface area contributed by atoms with Gasteiger partial charge in [-0.1, -0.05) is 38.8 Å². The van der Waals surface area contributed by atoms with Gasteiger partial charge in [0.25, 0.3) is 0 Å². The third kappa shape index (κ3) is 3.33. The number of nitrogens with one attached hydrogen (secondary N) is 1. The molecule has 0 aromatic rings. The Bertz CT molecular complexity index is 443. The van der Waals surface area contributed by atoms with Crippen LogP contribution in [0.3, 0.4) is 0 Å². The summed E-state index contributed by atoms with van der Waals surface area (Å²) in [4.78, 5) is 11.6. The molecule has 0 aromatic carbocycles. The Labute approximate surface area is 134 Å². The lowest BCUT2D eigenvalue weighted by molar-refractivity contribution is -0.129. The Kier molecular flexibility index (Phi) is 5.07. The molecule has 1 heterocycles. The zero-order valence-electron chi connectivity index (χ0n) is 11.0. The van der Waals surface area contributed by atoms with Crippen molar-refractivity contribution in [1.29, 1.82) is 0 Å². The van der Waals surface area contributed by atoms with Crippen LogP contribution in [0.25, 0.3) is 0 Å². The van der Waals surface area contributed by atoms with Gasteiger partial charge in [-0.05, 0) is 18.6 Å². The van der Waals surface area contributed by atoms with Gasteiger partial charge in [-0.25, -0.2) is 0 Å². The van der Waals surface area contributed by atoms with Crippen molar-refractivity contribution in [2.45, 2.75) is 50.2 Å². The van der Waals surface area contributed by atoms with Gasteiger partial charge in [-0.2, -0.15) is 0 Å². The summed E-state index contributed by atoms with van der Waals surface area (Å²) in [6.45, 7) is 1.92. The van der Waals surface area contributed by atoms with Gasteiger partial charge in [0.2, 0.25) is 5.91 Å². The molecule has 2 aliphatic rings. The molecule has 2 rings (SSSR count). The lowest BCUT2D eigenvalue weighted by Gasteiger charge is -2.28. The van der Waals surface area contributed by atoms with Gasteiger partial charge < -0.3 is 20.3 Å². The number of carbonyl (C=O) groups is 1. The lowest BCUT2D eigenvalue weighted by atomic mass is 9.92. The molecule has 5 nitrogen and oxygen atoms in total. The number of rotatable bonds is 3. The number of hydrogen-bond donors (Lipinski definition) is 3. The van der Waals surface area contributed by atoms with E-state index >= 15 is 0 Å². The van der Waals surface area contributed by atoms with Crippen LogP contribution in [0.2, 0.25) is 0 Å². The van der Waals surface area contributed by atoms with E-state index in [0.29, 0.717) is 21.8 Å². The van der Waals surface area contributed by atoms with Gasteiger partial charge in [0.15, 0.2) is 6.29 Å². The Balaban J connectivity index is 2.12. The third-order valence-corrected chi connectivity index (χ3v) is 4.66. The van der Waals surface area contributed by atoms with Crippen molar-refractivity contribution in [2.75, 3.05) is 0 Å². The predicted octanol–water partition coefficient (Wildman–Crippen LogP) is 1.68. The van der Waals surface area contributed by atoms with Crippen LogP contribution in [-0.4, -0.2) is 40.2 Å². The number of aliphatic hydroxyl groups is 2. The van der Waals surface area contributed by atoms with E-state index in [9.17, 15) is 15.0 Å². The van der Waals surface area contributed by atoms with Crippen molar-refractivity contribution in [3.63, 3.8) is 0 Å². The summed E-state index contributed by atoms with van der Waals surface area (Å²) >= 11 is 6.57. The van der Waals surface area contributed by atoms with Gasteiger partial charge in [-0.3, -0.25) is 4.79 Å². The fourth-order valence-electron chi connectivity index (χ4n) is 2.41. The molecule has 1 spiro atoms. The van der Waals surface area contributed by atoms with E-state index in [0.717, 1.165) is 6.42 Å². The standard InChI is InChI=1S/C13H17Br2NO4/c1-2-3-10(17)16-9-6-13(20-12(9)19)4-7(14)11(18)8(15)5-13/h4-5,9,11-12,18-19H,2-3,6H2,1H3,(H,16,17). The van der Waals surface area contributed by atoms with E-state index in [-0.39, 0.29) is 5.91 Å². The molecule has 0 radical (unpaired) electrons. The van der Waals surface area contributed by atoms with Gasteiger partial charge in [-0.15, -0.1) is 0 Å². The Morgan fingerprint density at radius 2 is 2.05 bits per heavy atom. The van der Waals surface area contributed by atoms with E-state index in [4.69, 9.17) is 4.74 Å². The van der Waals surface area contributed by atoms with Crippen molar-refractivity contribution in [2.24, 2.45) is 0 Å². The van der Waals surface area contributed by atoms with Crippen molar-refractivity contribution >= 4 is 37.8 Å². The highest BCUT2D eigenvalue weighted by Gasteiger charge is 2.46. The first-order chi connectivity index (χ1) is 9.37. The quantitative estimate of drug-likeness (QED) is 0.661. The highest BCUT2D eigenvalue weighted by molar-refractivity contribution is 9.12. The Morgan fingerprint density at radius 1 is 1.45 bits per heavy atom. The van der Waals surface area contributed by atoms with Crippen LogP contribution in [0.5, 0.6) is 0 Å². The summed E-state index contributed by atoms with van der Waals surface area (Å²) in [6, 6.07) is -0.461. The number of halogens is 2. The summed E-state index contributed by atoms with van der Waals surface area (Å²) in [5.41, 5.74) is -0.819. The maximum Gasteiger partial charge on any atom is 0.220 e. The summed E-state index contributed by atoms with van der Waals surface area (Å²) in [5.74, 6) is -0.0980. The molecule has 0 bridgehead atoms. The first kappa shape index (κ1) is 16.2. The zero-order chi connectivity index (χ0) is 14.9. The maximum absolute atomic E-state index is 11.6. The monoisotopic (exact) mass is 409 g/mol. The lowest BCUT2D eigenvalue weighted by Crippen LogP contribution is -2.40. The third-order valence-electron chi connectivity index (χ3n) is 3.33. The maximum atomic E-state index is 11.6. The predicted molar refractivity (Wildman–Crippen MR) is 81.3 cm³/mol. The highest BCUT2D eigenvalue weighted by Crippen LogP contribution is 2.41. The summed E-state index contributed by atoms with van der Waals surface area (Å²) in [5, 5.41) is 22.6. The first-order valence-electron chi connectivity index (χ1n) is 6.46. The Hall–Kier alpha value is -0.210. The van der Waals surface area contributed by atoms with Gasteiger partial charge in [0, 0.05) is 21.8 Å². The fraction of sp³-hybridized carbons (Fsp3) is 0.615. The molecule has 3 N–H and O–H groups in total. The molecule has 112 valence electrons. The number of aliphatic hydroxyl groups excluding tert-OH is 2. The molecule has 2 atom stereocenters. The molecule has 1 aliphatic carbocycles. The van der Waals surface area contributed by atoms with Gasteiger partial charge in [0.1, 0.15) is 11.7 Å².